The van der Waals surface area contributed by atoms with E-state index >= 15 is 0 Å². The maximum Gasteiger partial charge on any atom is -0.00258 e. The Morgan fingerprint density at radius 2 is 0.366 bits per heavy atom. The van der Waals surface area contributed by atoms with Gasteiger partial charge in [0, 0.05) is 0 Å². The van der Waals surface area contributed by atoms with E-state index in [1.807, 2.05) is 236 Å². The molecule has 0 nitrogen and oxygen atoms in total. The summed E-state index contributed by atoms with van der Waals surface area (Å²) in [5.74, 6) is 0. The Labute approximate surface area is 450 Å². The quantitative estimate of drug-likeness (QED) is 0.166. The van der Waals surface area contributed by atoms with Crippen LogP contribution in [-0.4, -0.2) is 0 Å². The van der Waals surface area contributed by atoms with Crippen molar-refractivity contribution >= 4 is 10.8 Å². The van der Waals surface area contributed by atoms with Crippen LogP contribution in [0.15, 0.2) is 194 Å². The fraction of sp³-hybridized carbons (Fsp3) is 0.437. The second-order valence-electron chi connectivity index (χ2n) is 10.4. The Balaban J connectivity index is -0.0000000653. The molecule has 0 radical (unpaired) electrons. The van der Waals surface area contributed by atoms with E-state index in [9.17, 15) is 0 Å². The lowest BCUT2D eigenvalue weighted by atomic mass is 10.0. The van der Waals surface area contributed by atoms with Crippen molar-refractivity contribution in [2.45, 2.75) is 214 Å². The first-order valence-electron chi connectivity index (χ1n) is 28.8. The maximum absolute atomic E-state index is 2.20. The van der Waals surface area contributed by atoms with Gasteiger partial charge in [0.15, 0.2) is 0 Å². The highest BCUT2D eigenvalue weighted by Gasteiger charge is 1.95. The molecule has 0 saturated heterocycles. The molecule has 0 fully saturated rings. The molecule has 0 aliphatic heterocycles. The Bertz CT molecular complexity index is 1610. The van der Waals surface area contributed by atoms with E-state index in [2.05, 4.69) is 166 Å². The molecule has 0 spiro atoms. The normalized spacial score (nSPS) is 7.07. The van der Waals surface area contributed by atoms with E-state index in [-0.39, 0.29) is 0 Å². The van der Waals surface area contributed by atoms with Crippen LogP contribution in [0.1, 0.15) is 216 Å². The number of aryl methyl sites for hydroxylation is 2. The van der Waals surface area contributed by atoms with Gasteiger partial charge in [0.25, 0.3) is 0 Å². The average molecular weight is 978 g/mol. The number of hydrogen-bond acceptors (Lipinski definition) is 0. The Morgan fingerprint density at radius 3 is 0.634 bits per heavy atom. The van der Waals surface area contributed by atoms with Crippen molar-refractivity contribution in [3.8, 4) is 11.1 Å². The van der Waals surface area contributed by atoms with Crippen LogP contribution in [0.4, 0.5) is 0 Å². The summed E-state index contributed by atoms with van der Waals surface area (Å²) in [4.78, 5) is 0. The van der Waals surface area contributed by atoms with Gasteiger partial charge in [-0.15, -0.1) is 0 Å². The molecule has 0 heteroatoms. The molecular weight excluding hydrogens is 853 g/mol. The zero-order valence-electron chi connectivity index (χ0n) is 53.2. The molecule has 0 amide bonds. The highest BCUT2D eigenvalue weighted by atomic mass is 14.0. The number of benzene rings is 7. The van der Waals surface area contributed by atoms with Crippen LogP contribution in [-0.2, 0) is 6.42 Å². The first-order valence-corrected chi connectivity index (χ1v) is 28.8. The molecular formula is C71H124. The van der Waals surface area contributed by atoms with Crippen molar-refractivity contribution in [3.63, 3.8) is 0 Å². The van der Waals surface area contributed by atoms with Crippen molar-refractivity contribution in [1.29, 1.82) is 0 Å². The standard InChI is InChI=1S/C14H14.C13H12.C10H8.C6H6.14C2H6/c1-12-7-9-14(10-8-12)11-13-5-3-2-4-6-13;1-11-7-9-13(10-8-11)12-5-3-2-4-6-12;1-2-6-10-8-4-3-7-9(10)5-1;1-2-4-6-5-3-1;14*1-2/h2-10H,11H2,1H3;2-10H,1H3;1-8H;1-6H;14*1-2H3. The molecule has 0 N–H and O–H groups in total. The van der Waals surface area contributed by atoms with Crippen molar-refractivity contribution in [3.05, 3.63) is 216 Å². The fourth-order valence-corrected chi connectivity index (χ4v) is 4.43. The predicted molar refractivity (Wildman–Crippen MR) is 346 cm³/mol. The topological polar surface area (TPSA) is 0 Å². The second kappa shape index (κ2) is 98.3. The monoisotopic (exact) mass is 977 g/mol. The largest absolute Gasteiger partial charge is 0.0683 e. The first kappa shape index (κ1) is 92.0. The van der Waals surface area contributed by atoms with E-state index in [4.69, 9.17) is 0 Å². The summed E-state index contributed by atoms with van der Waals surface area (Å²) in [6.45, 7) is 60.2. The minimum absolute atomic E-state index is 1.03. The van der Waals surface area contributed by atoms with Crippen molar-refractivity contribution in [2.24, 2.45) is 0 Å². The highest BCUT2D eigenvalue weighted by Crippen LogP contribution is 2.18. The van der Waals surface area contributed by atoms with E-state index in [1.165, 1.54) is 44.2 Å². The predicted octanol–water partition coefficient (Wildman–Crippen LogP) is 26.1. The summed E-state index contributed by atoms with van der Waals surface area (Å²) in [5.41, 5.74) is 7.94. The summed E-state index contributed by atoms with van der Waals surface area (Å²) in [7, 11) is 0. The molecule has 0 saturated carbocycles. The molecule has 0 aliphatic carbocycles. The van der Waals surface area contributed by atoms with E-state index < -0.39 is 0 Å². The van der Waals surface area contributed by atoms with E-state index in [0.29, 0.717) is 0 Å². The molecule has 408 valence electrons. The molecule has 7 aromatic rings. The van der Waals surface area contributed by atoms with Gasteiger partial charge in [-0.25, -0.2) is 0 Å². The molecule has 71 heavy (non-hydrogen) atoms. The minimum Gasteiger partial charge on any atom is -0.0683 e. The third-order valence-electron chi connectivity index (χ3n) is 6.86. The first-order chi connectivity index (χ1) is 35.2. The van der Waals surface area contributed by atoms with Gasteiger partial charge in [0.05, 0.1) is 0 Å². The lowest BCUT2D eigenvalue weighted by Crippen LogP contribution is -1.86. The van der Waals surface area contributed by atoms with Crippen LogP contribution in [0.3, 0.4) is 0 Å². The lowest BCUT2D eigenvalue weighted by molar-refractivity contribution is 1.19. The minimum atomic E-state index is 1.03. The van der Waals surface area contributed by atoms with Crippen LogP contribution in [0.25, 0.3) is 21.9 Å². The summed E-state index contributed by atoms with van der Waals surface area (Å²) >= 11 is 0. The van der Waals surface area contributed by atoms with Gasteiger partial charge in [-0.3, -0.25) is 0 Å². The highest BCUT2D eigenvalue weighted by molar-refractivity contribution is 5.82. The molecule has 0 atom stereocenters. The van der Waals surface area contributed by atoms with Crippen LogP contribution in [0.2, 0.25) is 0 Å². The fourth-order valence-electron chi connectivity index (χ4n) is 4.43. The Morgan fingerprint density at radius 1 is 0.183 bits per heavy atom. The average Bonchev–Trinajstić information content (AvgIpc) is 3.52. The van der Waals surface area contributed by atoms with Gasteiger partial charge in [0.1, 0.15) is 0 Å². The van der Waals surface area contributed by atoms with Gasteiger partial charge in [-0.2, -0.15) is 0 Å². The van der Waals surface area contributed by atoms with Gasteiger partial charge >= 0.3 is 0 Å². The maximum atomic E-state index is 2.20. The van der Waals surface area contributed by atoms with Crippen molar-refractivity contribution in [2.75, 3.05) is 0 Å². The molecule has 0 aliphatic rings. The Kier molecular flexibility index (Phi) is 127. The van der Waals surface area contributed by atoms with E-state index in [1.54, 1.807) is 0 Å². The molecule has 0 bridgehead atoms. The smallest absolute Gasteiger partial charge is 0.00258 e. The van der Waals surface area contributed by atoms with Gasteiger partial charge in [0.2, 0.25) is 0 Å². The molecule has 0 aromatic heterocycles. The van der Waals surface area contributed by atoms with Crippen LogP contribution in [0.5, 0.6) is 0 Å². The molecule has 7 aromatic carbocycles. The van der Waals surface area contributed by atoms with Crippen LogP contribution >= 0.6 is 0 Å². The summed E-state index contributed by atoms with van der Waals surface area (Å²) < 4.78 is 0. The lowest BCUT2D eigenvalue weighted by Gasteiger charge is -2.01. The Hall–Kier alpha value is -5.20. The van der Waals surface area contributed by atoms with Gasteiger partial charge < -0.3 is 0 Å². The summed E-state index contributed by atoms with van der Waals surface area (Å²) in [6, 6.07) is 67.0. The van der Waals surface area contributed by atoms with Crippen LogP contribution in [0, 0.1) is 13.8 Å². The van der Waals surface area contributed by atoms with Crippen molar-refractivity contribution < 1.29 is 0 Å². The number of rotatable bonds is 3. The molecule has 0 unspecified atom stereocenters. The molecule has 0 heterocycles. The van der Waals surface area contributed by atoms with E-state index in [0.717, 1.165) is 6.42 Å². The van der Waals surface area contributed by atoms with Crippen LogP contribution < -0.4 is 0 Å². The van der Waals surface area contributed by atoms with Gasteiger partial charge in [-0.05, 0) is 53.3 Å². The SMILES string of the molecule is CC.CC.CC.CC.CC.CC.CC.CC.CC.CC.CC.CC.CC.CC.Cc1ccc(-c2ccccc2)cc1.Cc1ccc(Cc2ccccc2)cc1.c1ccc2ccccc2c1.c1ccccc1. The molecule has 7 rings (SSSR count). The number of hydrogen-bond donors (Lipinski definition) is 0. The zero-order chi connectivity index (χ0) is 58.0. The summed E-state index contributed by atoms with van der Waals surface area (Å²) in [5, 5.41) is 2.62. The number of fused-ring (bicyclic) bond motifs is 1. The summed E-state index contributed by atoms with van der Waals surface area (Å²) in [6.07, 6.45) is 1.03. The third kappa shape index (κ3) is 64.8. The zero-order valence-corrected chi connectivity index (χ0v) is 53.2. The second-order valence-corrected chi connectivity index (χ2v) is 10.4. The van der Waals surface area contributed by atoms with Crippen molar-refractivity contribution in [1.82, 2.24) is 0 Å². The third-order valence-corrected chi connectivity index (χ3v) is 6.86. The van der Waals surface area contributed by atoms with Gasteiger partial charge in [-0.1, -0.05) is 399 Å².